The molecule has 0 aromatic carbocycles. The van der Waals surface area contributed by atoms with Crippen molar-refractivity contribution in [2.45, 2.75) is 95.9 Å². The first kappa shape index (κ1) is 42.8. The fourth-order valence-electron chi connectivity index (χ4n) is 0. The molecule has 0 fully saturated rings. The van der Waals surface area contributed by atoms with Crippen LogP contribution in [0.4, 0.5) is 0 Å². The minimum atomic E-state index is 0. The second-order valence-electron chi connectivity index (χ2n) is 4.24. The van der Waals surface area contributed by atoms with E-state index in [2.05, 4.69) is 55.4 Å². The standard InChI is InChI=1S/C5H12.C4H10.C3H8.2C2H6.HI.K.H/c1-4-5(2)3;1-4(2)3;1-3-2;2*1-2;;;/h5H,4H2,1-3H3;4H,1-3H3;3H2,1-2H3;2*1-2H3;1H;;/q;;;;;;+1;-1. The largest absolute Gasteiger partial charge is 1.00 e. The van der Waals surface area contributed by atoms with Crippen LogP contribution in [0.2, 0.25) is 0 Å². The van der Waals surface area contributed by atoms with Crippen LogP contribution in [0.15, 0.2) is 0 Å². The Morgan fingerprint density at radius 1 is 0.722 bits per heavy atom. The Morgan fingerprint density at radius 2 is 0.778 bits per heavy atom. The molecular formula is C16H44IK. The van der Waals surface area contributed by atoms with Gasteiger partial charge in [-0.3, -0.25) is 0 Å². The van der Waals surface area contributed by atoms with E-state index >= 15 is 0 Å². The minimum Gasteiger partial charge on any atom is -1.00 e. The molecule has 0 N–H and O–H groups in total. The Morgan fingerprint density at radius 3 is 0.778 bits per heavy atom. The zero-order chi connectivity index (χ0) is 14.6. The molecular weight excluding hydrogens is 358 g/mol. The molecule has 18 heavy (non-hydrogen) atoms. The van der Waals surface area contributed by atoms with Crippen molar-refractivity contribution in [2.24, 2.45) is 11.8 Å². The summed E-state index contributed by atoms with van der Waals surface area (Å²) < 4.78 is 0. The van der Waals surface area contributed by atoms with Gasteiger partial charge in [0.25, 0.3) is 0 Å². The molecule has 0 unspecified atom stereocenters. The van der Waals surface area contributed by atoms with Crippen LogP contribution in [0.5, 0.6) is 0 Å². The molecule has 116 valence electrons. The fraction of sp³-hybridized carbons (Fsp3) is 1.00. The van der Waals surface area contributed by atoms with Crippen molar-refractivity contribution < 1.29 is 52.8 Å². The molecule has 0 atom stereocenters. The quantitative estimate of drug-likeness (QED) is 0.432. The summed E-state index contributed by atoms with van der Waals surface area (Å²) in [5, 5.41) is 0. The Balaban J connectivity index is -0.0000000134. The summed E-state index contributed by atoms with van der Waals surface area (Å²) in [5.41, 5.74) is 0. The van der Waals surface area contributed by atoms with Crippen molar-refractivity contribution in [3.05, 3.63) is 0 Å². The van der Waals surface area contributed by atoms with E-state index in [0.717, 1.165) is 11.8 Å². The first-order valence-electron chi connectivity index (χ1n) is 7.42. The van der Waals surface area contributed by atoms with Crippen LogP contribution >= 0.6 is 24.0 Å². The second-order valence-corrected chi connectivity index (χ2v) is 4.24. The Labute approximate surface area is 182 Å². The van der Waals surface area contributed by atoms with E-state index in [1.807, 2.05) is 27.7 Å². The van der Waals surface area contributed by atoms with Gasteiger partial charge in [0.1, 0.15) is 0 Å². The first-order chi connectivity index (χ1) is 7.42. The molecule has 0 bridgehead atoms. The summed E-state index contributed by atoms with van der Waals surface area (Å²) in [6.45, 7) is 25.4. The van der Waals surface area contributed by atoms with E-state index in [-0.39, 0.29) is 76.8 Å². The van der Waals surface area contributed by atoms with Crippen LogP contribution < -0.4 is 51.4 Å². The molecule has 0 saturated carbocycles. The van der Waals surface area contributed by atoms with E-state index in [1.165, 1.54) is 12.8 Å². The van der Waals surface area contributed by atoms with Crippen molar-refractivity contribution in [2.75, 3.05) is 0 Å². The van der Waals surface area contributed by atoms with Gasteiger partial charge in [0, 0.05) is 0 Å². The third kappa shape index (κ3) is 291. The molecule has 0 rings (SSSR count). The summed E-state index contributed by atoms with van der Waals surface area (Å²) >= 11 is 0. The normalized spacial score (nSPS) is 6.33. The molecule has 0 aromatic rings. The van der Waals surface area contributed by atoms with Crippen LogP contribution in [0.1, 0.15) is 97.4 Å². The predicted molar refractivity (Wildman–Crippen MR) is 101 cm³/mol. The molecule has 0 amide bonds. The fourth-order valence-corrected chi connectivity index (χ4v) is 0. The van der Waals surface area contributed by atoms with E-state index in [0.29, 0.717) is 0 Å². The molecule has 0 radical (unpaired) electrons. The van der Waals surface area contributed by atoms with Crippen LogP contribution in [0, 0.1) is 11.8 Å². The van der Waals surface area contributed by atoms with Gasteiger partial charge in [-0.15, -0.1) is 24.0 Å². The maximum Gasteiger partial charge on any atom is 1.00 e. The van der Waals surface area contributed by atoms with Gasteiger partial charge in [0.05, 0.1) is 0 Å². The number of rotatable bonds is 1. The van der Waals surface area contributed by atoms with Gasteiger partial charge in [0.15, 0.2) is 0 Å². The topological polar surface area (TPSA) is 0 Å². The third-order valence-electron chi connectivity index (χ3n) is 0.816. The van der Waals surface area contributed by atoms with Crippen molar-refractivity contribution in [3.63, 3.8) is 0 Å². The molecule has 0 saturated heterocycles. The number of halogens is 1. The maximum atomic E-state index is 2.22. The van der Waals surface area contributed by atoms with Crippen LogP contribution in [-0.4, -0.2) is 0 Å². The SMILES string of the molecule is CC.CC.CC(C)C.CCC.CCC(C)C.I.[H-].[K+]. The number of hydrogen-bond donors (Lipinski definition) is 0. The van der Waals surface area contributed by atoms with Gasteiger partial charge in [-0.2, -0.15) is 0 Å². The summed E-state index contributed by atoms with van der Waals surface area (Å²) in [7, 11) is 0. The summed E-state index contributed by atoms with van der Waals surface area (Å²) in [4.78, 5) is 0. The van der Waals surface area contributed by atoms with Crippen molar-refractivity contribution >= 4 is 24.0 Å². The van der Waals surface area contributed by atoms with Crippen LogP contribution in [-0.2, 0) is 0 Å². The van der Waals surface area contributed by atoms with Gasteiger partial charge >= 0.3 is 51.4 Å². The van der Waals surface area contributed by atoms with Crippen molar-refractivity contribution in [3.8, 4) is 0 Å². The Bertz CT molecular complexity index is 58.0. The van der Waals surface area contributed by atoms with E-state index in [9.17, 15) is 0 Å². The predicted octanol–water partition coefficient (Wildman–Crippen LogP) is 4.92. The second kappa shape index (κ2) is 60.8. The third-order valence-corrected chi connectivity index (χ3v) is 0.816. The van der Waals surface area contributed by atoms with E-state index in [1.54, 1.807) is 0 Å². The molecule has 0 aliphatic rings. The Kier molecular flexibility index (Phi) is 144. The van der Waals surface area contributed by atoms with Gasteiger partial charge in [0.2, 0.25) is 0 Å². The summed E-state index contributed by atoms with van der Waals surface area (Å²) in [6, 6.07) is 0. The van der Waals surface area contributed by atoms with Gasteiger partial charge in [-0.25, -0.2) is 0 Å². The van der Waals surface area contributed by atoms with Crippen molar-refractivity contribution in [1.29, 1.82) is 0 Å². The molecule has 0 aromatic heterocycles. The zero-order valence-corrected chi connectivity index (χ0v) is 21.4. The monoisotopic (exact) mass is 402 g/mol. The van der Waals surface area contributed by atoms with Crippen LogP contribution in [0.3, 0.4) is 0 Å². The average Bonchev–Trinajstić information content (AvgIpc) is 2.24. The molecule has 0 heterocycles. The molecule has 0 spiro atoms. The molecule has 0 nitrogen and oxygen atoms in total. The van der Waals surface area contributed by atoms with Gasteiger partial charge < -0.3 is 1.43 Å². The molecule has 2 heteroatoms. The minimum absolute atomic E-state index is 0. The summed E-state index contributed by atoms with van der Waals surface area (Å²) in [6.07, 6.45) is 2.56. The smallest absolute Gasteiger partial charge is 1.00 e. The molecule has 0 aliphatic heterocycles. The average molecular weight is 403 g/mol. The molecule has 0 aliphatic carbocycles. The van der Waals surface area contributed by atoms with Gasteiger partial charge in [-0.05, 0) is 11.8 Å². The Hall–Kier alpha value is 2.37. The number of hydrogen-bond acceptors (Lipinski definition) is 0. The zero-order valence-electron chi connectivity index (χ0n) is 17.0. The first-order valence-corrected chi connectivity index (χ1v) is 7.42. The summed E-state index contributed by atoms with van der Waals surface area (Å²) in [5.74, 6) is 1.72. The van der Waals surface area contributed by atoms with E-state index < -0.39 is 0 Å². The van der Waals surface area contributed by atoms with Gasteiger partial charge in [-0.1, -0.05) is 95.9 Å². The van der Waals surface area contributed by atoms with Crippen LogP contribution in [0.25, 0.3) is 0 Å². The van der Waals surface area contributed by atoms with E-state index in [4.69, 9.17) is 0 Å². The van der Waals surface area contributed by atoms with Crippen molar-refractivity contribution in [1.82, 2.24) is 0 Å². The maximum absolute atomic E-state index is 2.22.